The summed E-state index contributed by atoms with van der Waals surface area (Å²) in [6.45, 7) is 11.4. The number of likely N-dealkylation sites (tertiary alicyclic amines) is 1. The van der Waals surface area contributed by atoms with Crippen molar-refractivity contribution in [2.24, 2.45) is 17.8 Å². The molecule has 5 nitrogen and oxygen atoms in total. The van der Waals surface area contributed by atoms with Gasteiger partial charge in [0, 0.05) is 24.1 Å². The Balaban J connectivity index is 1.29. The van der Waals surface area contributed by atoms with Crippen LogP contribution in [0.1, 0.15) is 69.9 Å². The first-order valence-electron chi connectivity index (χ1n) is 12.5. The summed E-state index contributed by atoms with van der Waals surface area (Å²) < 4.78 is 5.98. The maximum Gasteiger partial charge on any atom is 0.226 e. The quantitative estimate of drug-likeness (QED) is 0.660. The van der Waals surface area contributed by atoms with E-state index in [1.54, 1.807) is 0 Å². The van der Waals surface area contributed by atoms with Gasteiger partial charge >= 0.3 is 0 Å². The molecule has 1 N–H and O–H groups in total. The molecule has 5 heteroatoms. The van der Waals surface area contributed by atoms with Crippen LogP contribution < -0.4 is 5.32 Å². The second-order valence-corrected chi connectivity index (χ2v) is 10.0. The molecular formula is C27H39N3O2. The van der Waals surface area contributed by atoms with E-state index < -0.39 is 0 Å². The zero-order chi connectivity index (χ0) is 22.7. The van der Waals surface area contributed by atoms with Gasteiger partial charge in [0.05, 0.1) is 5.69 Å². The Labute approximate surface area is 193 Å². The summed E-state index contributed by atoms with van der Waals surface area (Å²) in [6.07, 6.45) is 6.53. The average molecular weight is 438 g/mol. The molecule has 174 valence electrons. The summed E-state index contributed by atoms with van der Waals surface area (Å²) >= 11 is 0. The van der Waals surface area contributed by atoms with Crippen LogP contribution in [0.5, 0.6) is 0 Å². The van der Waals surface area contributed by atoms with E-state index in [9.17, 15) is 4.79 Å². The van der Waals surface area contributed by atoms with Gasteiger partial charge in [-0.05, 0) is 75.2 Å². The number of aromatic nitrogens is 1. The van der Waals surface area contributed by atoms with Gasteiger partial charge in [-0.1, -0.05) is 45.7 Å². The first-order chi connectivity index (χ1) is 15.4. The Morgan fingerprint density at radius 2 is 1.84 bits per heavy atom. The molecule has 0 radical (unpaired) electrons. The number of oxazole rings is 1. The van der Waals surface area contributed by atoms with Gasteiger partial charge < -0.3 is 9.73 Å². The SMILES string of the molecule is CCc1ccc(-c2nc(CN3CCC(C(=O)NC4CCCC(C)C4C)CC3)c(C)o2)cc1. The van der Waals surface area contributed by atoms with Crippen molar-refractivity contribution in [2.45, 2.75) is 78.8 Å². The molecule has 1 aliphatic heterocycles. The molecule has 2 heterocycles. The van der Waals surface area contributed by atoms with Crippen LogP contribution in [0.4, 0.5) is 0 Å². The van der Waals surface area contributed by atoms with Gasteiger partial charge in [-0.25, -0.2) is 4.98 Å². The number of benzene rings is 1. The summed E-state index contributed by atoms with van der Waals surface area (Å²) in [5.74, 6) is 3.28. The number of rotatable bonds is 6. The monoisotopic (exact) mass is 437 g/mol. The lowest BCUT2D eigenvalue weighted by Crippen LogP contribution is -2.48. The van der Waals surface area contributed by atoms with Crippen LogP contribution in [-0.2, 0) is 17.8 Å². The third-order valence-electron chi connectivity index (χ3n) is 7.87. The van der Waals surface area contributed by atoms with Crippen LogP contribution in [0.15, 0.2) is 28.7 Å². The van der Waals surface area contributed by atoms with E-state index in [1.807, 2.05) is 6.92 Å². The van der Waals surface area contributed by atoms with E-state index >= 15 is 0 Å². The van der Waals surface area contributed by atoms with Crippen LogP contribution in [0, 0.1) is 24.7 Å². The lowest BCUT2D eigenvalue weighted by Gasteiger charge is -2.36. The molecule has 1 saturated carbocycles. The van der Waals surface area contributed by atoms with Crippen LogP contribution in [0.2, 0.25) is 0 Å². The van der Waals surface area contributed by atoms with E-state index in [4.69, 9.17) is 9.40 Å². The fraction of sp³-hybridized carbons (Fsp3) is 0.630. The molecule has 32 heavy (non-hydrogen) atoms. The molecular weight excluding hydrogens is 398 g/mol. The number of nitrogens with zero attached hydrogens (tertiary/aromatic N) is 2. The first-order valence-corrected chi connectivity index (χ1v) is 12.5. The molecule has 1 amide bonds. The largest absolute Gasteiger partial charge is 0.441 e. The smallest absolute Gasteiger partial charge is 0.226 e. The fourth-order valence-corrected chi connectivity index (χ4v) is 5.23. The van der Waals surface area contributed by atoms with Gasteiger partial charge in [0.2, 0.25) is 11.8 Å². The molecule has 3 unspecified atom stereocenters. The summed E-state index contributed by atoms with van der Waals surface area (Å²) in [4.78, 5) is 20.1. The molecule has 4 rings (SSSR count). The Hall–Kier alpha value is -2.14. The second-order valence-electron chi connectivity index (χ2n) is 10.0. The molecule has 0 spiro atoms. The van der Waals surface area contributed by atoms with Gasteiger partial charge in [0.1, 0.15) is 5.76 Å². The normalized spacial score (nSPS) is 25.1. The van der Waals surface area contributed by atoms with Gasteiger partial charge in [-0.15, -0.1) is 0 Å². The molecule has 2 fully saturated rings. The van der Waals surface area contributed by atoms with Crippen molar-refractivity contribution in [1.29, 1.82) is 0 Å². The third kappa shape index (κ3) is 5.25. The number of hydrogen-bond acceptors (Lipinski definition) is 4. The van der Waals surface area contributed by atoms with E-state index in [0.29, 0.717) is 23.8 Å². The van der Waals surface area contributed by atoms with E-state index in [2.05, 4.69) is 55.3 Å². The Morgan fingerprint density at radius 3 is 2.53 bits per heavy atom. The number of amides is 1. The summed E-state index contributed by atoms with van der Waals surface area (Å²) in [5.41, 5.74) is 3.35. The Morgan fingerprint density at radius 1 is 1.12 bits per heavy atom. The van der Waals surface area contributed by atoms with Gasteiger partial charge in [-0.3, -0.25) is 9.69 Å². The molecule has 1 saturated heterocycles. The number of piperidine rings is 1. The van der Waals surface area contributed by atoms with E-state index in [0.717, 1.165) is 62.3 Å². The highest BCUT2D eigenvalue weighted by atomic mass is 16.4. The highest BCUT2D eigenvalue weighted by Gasteiger charge is 2.31. The average Bonchev–Trinajstić information content (AvgIpc) is 3.17. The van der Waals surface area contributed by atoms with Crippen molar-refractivity contribution in [3.05, 3.63) is 41.3 Å². The van der Waals surface area contributed by atoms with Crippen molar-refractivity contribution < 1.29 is 9.21 Å². The minimum atomic E-state index is 0.140. The van der Waals surface area contributed by atoms with E-state index in [1.165, 1.54) is 18.4 Å². The third-order valence-corrected chi connectivity index (χ3v) is 7.87. The minimum absolute atomic E-state index is 0.140. The van der Waals surface area contributed by atoms with Crippen LogP contribution in [-0.4, -0.2) is 34.9 Å². The van der Waals surface area contributed by atoms with Crippen molar-refractivity contribution in [3.8, 4) is 11.5 Å². The fourth-order valence-electron chi connectivity index (χ4n) is 5.23. The molecule has 1 aromatic carbocycles. The predicted molar refractivity (Wildman–Crippen MR) is 128 cm³/mol. The molecule has 2 aromatic rings. The van der Waals surface area contributed by atoms with E-state index in [-0.39, 0.29) is 11.8 Å². The first kappa shape index (κ1) is 23.0. The lowest BCUT2D eigenvalue weighted by molar-refractivity contribution is -0.128. The maximum atomic E-state index is 12.9. The Kier molecular flexibility index (Phi) is 7.34. The molecule has 3 atom stereocenters. The minimum Gasteiger partial charge on any atom is -0.441 e. The Bertz CT molecular complexity index is 896. The zero-order valence-electron chi connectivity index (χ0n) is 20.2. The van der Waals surface area contributed by atoms with Crippen LogP contribution in [0.25, 0.3) is 11.5 Å². The zero-order valence-corrected chi connectivity index (χ0v) is 20.2. The maximum absolute atomic E-state index is 12.9. The van der Waals surface area contributed by atoms with Crippen LogP contribution in [0.3, 0.4) is 0 Å². The van der Waals surface area contributed by atoms with Gasteiger partial charge in [0.25, 0.3) is 0 Å². The summed E-state index contributed by atoms with van der Waals surface area (Å²) in [7, 11) is 0. The van der Waals surface area contributed by atoms with Gasteiger partial charge in [-0.2, -0.15) is 0 Å². The highest BCUT2D eigenvalue weighted by molar-refractivity contribution is 5.79. The summed E-state index contributed by atoms with van der Waals surface area (Å²) in [5, 5.41) is 3.39. The number of carbonyl (C=O) groups excluding carboxylic acids is 1. The topological polar surface area (TPSA) is 58.4 Å². The van der Waals surface area contributed by atoms with Crippen molar-refractivity contribution >= 4 is 5.91 Å². The number of nitrogens with one attached hydrogen (secondary N) is 1. The number of hydrogen-bond donors (Lipinski definition) is 1. The lowest BCUT2D eigenvalue weighted by atomic mass is 9.78. The molecule has 1 aromatic heterocycles. The number of aryl methyl sites for hydroxylation is 2. The van der Waals surface area contributed by atoms with Crippen molar-refractivity contribution in [2.75, 3.05) is 13.1 Å². The molecule has 0 bridgehead atoms. The van der Waals surface area contributed by atoms with Crippen molar-refractivity contribution in [3.63, 3.8) is 0 Å². The molecule has 2 aliphatic rings. The second kappa shape index (κ2) is 10.2. The standard InChI is InChI=1S/C27H39N3O2/c1-5-21-9-11-23(12-10-21)27-29-25(20(4)32-27)17-30-15-13-22(14-16-30)26(31)28-24-8-6-7-18(2)19(24)3/h9-12,18-19,22,24H,5-8,13-17H2,1-4H3,(H,28,31). The number of carbonyl (C=O) groups is 1. The predicted octanol–water partition coefficient (Wildman–Crippen LogP) is 5.37. The summed E-state index contributed by atoms with van der Waals surface area (Å²) in [6, 6.07) is 8.81. The molecule has 1 aliphatic carbocycles. The van der Waals surface area contributed by atoms with Gasteiger partial charge in [0.15, 0.2) is 0 Å². The van der Waals surface area contributed by atoms with Crippen molar-refractivity contribution in [1.82, 2.24) is 15.2 Å². The highest BCUT2D eigenvalue weighted by Crippen LogP contribution is 2.30. The van der Waals surface area contributed by atoms with Crippen LogP contribution >= 0.6 is 0 Å².